The van der Waals surface area contributed by atoms with Gasteiger partial charge in [-0.15, -0.1) is 0 Å². The molecule has 2 rings (SSSR count). The topological polar surface area (TPSA) is 49.3 Å². The molecule has 1 saturated heterocycles. The van der Waals surface area contributed by atoms with E-state index < -0.39 is 5.97 Å². The van der Waals surface area contributed by atoms with Crippen LogP contribution in [0, 0.1) is 17.8 Å². The van der Waals surface area contributed by atoms with Crippen LogP contribution in [0.1, 0.15) is 12.8 Å². The van der Waals surface area contributed by atoms with Crippen LogP contribution in [0.3, 0.4) is 0 Å². The van der Waals surface area contributed by atoms with E-state index in [0.717, 1.165) is 6.54 Å². The predicted octanol–water partition coefficient (Wildman–Crippen LogP) is 0.317. The highest BCUT2D eigenvalue weighted by molar-refractivity contribution is 5.71. The van der Waals surface area contributed by atoms with Gasteiger partial charge >= 0.3 is 5.97 Å². The molecule has 2 aliphatic rings. The summed E-state index contributed by atoms with van der Waals surface area (Å²) in [5.41, 5.74) is 0. The Kier molecular flexibility index (Phi) is 1.60. The van der Waals surface area contributed by atoms with Gasteiger partial charge in [-0.3, -0.25) is 4.79 Å². The Hall–Kier alpha value is -0.570. The molecule has 11 heavy (non-hydrogen) atoms. The summed E-state index contributed by atoms with van der Waals surface area (Å²) < 4.78 is 0. The van der Waals surface area contributed by atoms with Gasteiger partial charge in [0.1, 0.15) is 0 Å². The molecule has 0 amide bonds. The average molecular weight is 155 g/mol. The number of hydrogen-bond donors (Lipinski definition) is 2. The van der Waals surface area contributed by atoms with E-state index in [0.29, 0.717) is 18.4 Å². The lowest BCUT2D eigenvalue weighted by Gasteiger charge is -2.12. The monoisotopic (exact) mass is 155 g/mol. The van der Waals surface area contributed by atoms with Crippen molar-refractivity contribution >= 4 is 5.97 Å². The first kappa shape index (κ1) is 7.10. The Morgan fingerprint density at radius 2 is 2.09 bits per heavy atom. The van der Waals surface area contributed by atoms with E-state index >= 15 is 0 Å². The standard InChI is InChI=1S/C8H13NO2/c10-8(11)7-4-9-3-6(7)5-1-2-5/h5-7,9H,1-4H2,(H,10,11)/t6-,7+/m1/s1. The molecule has 62 valence electrons. The molecule has 1 saturated carbocycles. The van der Waals surface area contributed by atoms with Crippen molar-refractivity contribution in [3.05, 3.63) is 0 Å². The van der Waals surface area contributed by atoms with Gasteiger partial charge in [-0.05, 0) is 31.2 Å². The van der Waals surface area contributed by atoms with Crippen LogP contribution in [0.2, 0.25) is 0 Å². The average Bonchev–Trinajstić information content (AvgIpc) is 2.68. The van der Waals surface area contributed by atoms with Gasteiger partial charge < -0.3 is 10.4 Å². The molecule has 0 spiro atoms. The second-order valence-electron chi connectivity index (χ2n) is 3.60. The van der Waals surface area contributed by atoms with E-state index in [1.807, 2.05) is 0 Å². The largest absolute Gasteiger partial charge is 0.481 e. The third kappa shape index (κ3) is 1.25. The first-order valence-electron chi connectivity index (χ1n) is 4.22. The van der Waals surface area contributed by atoms with Gasteiger partial charge in [0.15, 0.2) is 0 Å². The predicted molar refractivity (Wildman–Crippen MR) is 40.2 cm³/mol. The van der Waals surface area contributed by atoms with Crippen molar-refractivity contribution < 1.29 is 9.90 Å². The Labute approximate surface area is 65.8 Å². The van der Waals surface area contributed by atoms with Crippen LogP contribution in [-0.2, 0) is 4.79 Å². The van der Waals surface area contributed by atoms with E-state index in [4.69, 9.17) is 5.11 Å². The smallest absolute Gasteiger partial charge is 0.308 e. The molecular formula is C8H13NO2. The molecule has 1 aliphatic heterocycles. The molecular weight excluding hydrogens is 142 g/mol. The van der Waals surface area contributed by atoms with Crippen molar-refractivity contribution in [2.45, 2.75) is 12.8 Å². The lowest BCUT2D eigenvalue weighted by atomic mass is 9.92. The van der Waals surface area contributed by atoms with Gasteiger partial charge in [0.25, 0.3) is 0 Å². The zero-order chi connectivity index (χ0) is 7.84. The third-order valence-corrected chi connectivity index (χ3v) is 2.81. The highest BCUT2D eigenvalue weighted by Crippen LogP contribution is 2.41. The van der Waals surface area contributed by atoms with Crippen molar-refractivity contribution in [3.8, 4) is 0 Å². The van der Waals surface area contributed by atoms with Gasteiger partial charge in [-0.1, -0.05) is 0 Å². The molecule has 1 aliphatic carbocycles. The lowest BCUT2D eigenvalue weighted by molar-refractivity contribution is -0.142. The van der Waals surface area contributed by atoms with Crippen LogP contribution in [0.5, 0.6) is 0 Å². The zero-order valence-electron chi connectivity index (χ0n) is 6.42. The van der Waals surface area contributed by atoms with Crippen molar-refractivity contribution in [1.29, 1.82) is 0 Å². The molecule has 1 heterocycles. The molecule has 0 aromatic carbocycles. The molecule has 3 nitrogen and oxygen atoms in total. The van der Waals surface area contributed by atoms with E-state index in [2.05, 4.69) is 5.32 Å². The second kappa shape index (κ2) is 2.48. The molecule has 2 N–H and O–H groups in total. The minimum Gasteiger partial charge on any atom is -0.481 e. The van der Waals surface area contributed by atoms with Gasteiger partial charge in [0, 0.05) is 6.54 Å². The van der Waals surface area contributed by atoms with E-state index in [-0.39, 0.29) is 5.92 Å². The number of carboxylic acids is 1. The quantitative estimate of drug-likeness (QED) is 0.603. The van der Waals surface area contributed by atoms with Crippen LogP contribution in [-0.4, -0.2) is 24.2 Å². The molecule has 0 unspecified atom stereocenters. The number of aliphatic carboxylic acids is 1. The first-order valence-corrected chi connectivity index (χ1v) is 4.22. The van der Waals surface area contributed by atoms with Crippen LogP contribution in [0.4, 0.5) is 0 Å². The maximum absolute atomic E-state index is 10.7. The summed E-state index contributed by atoms with van der Waals surface area (Å²) in [6.07, 6.45) is 2.49. The van der Waals surface area contributed by atoms with Gasteiger partial charge in [-0.2, -0.15) is 0 Å². The molecule has 3 heteroatoms. The summed E-state index contributed by atoms with van der Waals surface area (Å²) in [4.78, 5) is 10.7. The third-order valence-electron chi connectivity index (χ3n) is 2.81. The highest BCUT2D eigenvalue weighted by Gasteiger charge is 2.42. The molecule has 0 aromatic heterocycles. The second-order valence-corrected chi connectivity index (χ2v) is 3.60. The molecule has 0 aromatic rings. The number of rotatable bonds is 2. The molecule has 2 atom stereocenters. The van der Waals surface area contributed by atoms with Crippen LogP contribution < -0.4 is 5.32 Å². The van der Waals surface area contributed by atoms with Gasteiger partial charge in [-0.25, -0.2) is 0 Å². The van der Waals surface area contributed by atoms with E-state index in [9.17, 15) is 4.79 Å². The number of carbonyl (C=O) groups is 1. The summed E-state index contributed by atoms with van der Waals surface area (Å²) >= 11 is 0. The summed E-state index contributed by atoms with van der Waals surface area (Å²) in [5.74, 6) is 0.410. The molecule has 0 bridgehead atoms. The number of carboxylic acid groups (broad SMARTS) is 1. The van der Waals surface area contributed by atoms with E-state index in [1.54, 1.807) is 0 Å². The van der Waals surface area contributed by atoms with Gasteiger partial charge in [0.2, 0.25) is 0 Å². The van der Waals surface area contributed by atoms with E-state index in [1.165, 1.54) is 12.8 Å². The minimum absolute atomic E-state index is 0.109. The van der Waals surface area contributed by atoms with Crippen molar-refractivity contribution in [2.24, 2.45) is 17.8 Å². The number of nitrogens with one attached hydrogen (secondary N) is 1. The normalized spacial score (nSPS) is 37.5. The fourth-order valence-corrected chi connectivity index (χ4v) is 1.99. The SMILES string of the molecule is O=C(O)[C@H]1CNC[C@@H]1C1CC1. The van der Waals surface area contributed by atoms with Crippen molar-refractivity contribution in [2.75, 3.05) is 13.1 Å². The maximum atomic E-state index is 10.7. The first-order chi connectivity index (χ1) is 5.29. The fourth-order valence-electron chi connectivity index (χ4n) is 1.99. The lowest BCUT2D eigenvalue weighted by Crippen LogP contribution is -2.23. The Balaban J connectivity index is 2.01. The Morgan fingerprint density at radius 3 is 2.64 bits per heavy atom. The van der Waals surface area contributed by atoms with Crippen LogP contribution in [0.15, 0.2) is 0 Å². The summed E-state index contributed by atoms with van der Waals surface area (Å²) in [7, 11) is 0. The Bertz CT molecular complexity index is 177. The molecule has 2 fully saturated rings. The van der Waals surface area contributed by atoms with Crippen molar-refractivity contribution in [1.82, 2.24) is 5.32 Å². The van der Waals surface area contributed by atoms with Crippen LogP contribution in [0.25, 0.3) is 0 Å². The fraction of sp³-hybridized carbons (Fsp3) is 0.875. The summed E-state index contributed by atoms with van der Waals surface area (Å²) in [5, 5.41) is 12.0. The van der Waals surface area contributed by atoms with Crippen LogP contribution >= 0.6 is 0 Å². The maximum Gasteiger partial charge on any atom is 0.308 e. The number of hydrogen-bond acceptors (Lipinski definition) is 2. The minimum atomic E-state index is -0.619. The van der Waals surface area contributed by atoms with Gasteiger partial charge in [0.05, 0.1) is 5.92 Å². The molecule has 0 radical (unpaired) electrons. The zero-order valence-corrected chi connectivity index (χ0v) is 6.42. The highest BCUT2D eigenvalue weighted by atomic mass is 16.4. The van der Waals surface area contributed by atoms with Crippen molar-refractivity contribution in [3.63, 3.8) is 0 Å². The Morgan fingerprint density at radius 1 is 1.36 bits per heavy atom. The summed E-state index contributed by atoms with van der Waals surface area (Å²) in [6, 6.07) is 0. The summed E-state index contributed by atoms with van der Waals surface area (Å²) in [6.45, 7) is 1.60.